The summed E-state index contributed by atoms with van der Waals surface area (Å²) in [7, 11) is 0. The van der Waals surface area contributed by atoms with E-state index in [1.54, 1.807) is 6.07 Å². The van der Waals surface area contributed by atoms with Crippen molar-refractivity contribution < 1.29 is 5.11 Å². The van der Waals surface area contributed by atoms with E-state index in [4.69, 9.17) is 0 Å². The van der Waals surface area contributed by atoms with Gasteiger partial charge in [-0.3, -0.25) is 0 Å². The molecule has 2 aromatic rings. The quantitative estimate of drug-likeness (QED) is 0.856. The van der Waals surface area contributed by atoms with Crippen LogP contribution in [0.2, 0.25) is 0 Å². The predicted molar refractivity (Wildman–Crippen MR) is 98.2 cm³/mol. The van der Waals surface area contributed by atoms with Crippen LogP contribution in [0.1, 0.15) is 24.0 Å². The lowest BCUT2D eigenvalue weighted by atomic mass is 9.67. The molecule has 0 amide bonds. The van der Waals surface area contributed by atoms with Gasteiger partial charge in [0.05, 0.1) is 0 Å². The zero-order valence-corrected chi connectivity index (χ0v) is 14.1. The Morgan fingerprint density at radius 3 is 2.75 bits per heavy atom. The number of hydrogen-bond donors (Lipinski definition) is 1. The van der Waals surface area contributed by atoms with Gasteiger partial charge in [0.25, 0.3) is 0 Å². The van der Waals surface area contributed by atoms with E-state index in [-0.39, 0.29) is 5.41 Å². The Kier molecular flexibility index (Phi) is 4.15. The van der Waals surface area contributed by atoms with E-state index < -0.39 is 0 Å². The second-order valence-corrected chi connectivity index (χ2v) is 7.29. The molecule has 2 unspecified atom stereocenters. The molecule has 0 radical (unpaired) electrons. The Hall–Kier alpha value is -2.06. The molecule has 24 heavy (non-hydrogen) atoms. The Labute approximate surface area is 144 Å². The molecule has 4 rings (SSSR count). The minimum absolute atomic E-state index is 0.171. The van der Waals surface area contributed by atoms with Crippen molar-refractivity contribution in [3.05, 3.63) is 77.9 Å². The molecule has 0 spiro atoms. The van der Waals surface area contributed by atoms with Gasteiger partial charge in [0.15, 0.2) is 0 Å². The second-order valence-electron chi connectivity index (χ2n) is 7.29. The molecule has 1 aliphatic carbocycles. The summed E-state index contributed by atoms with van der Waals surface area (Å²) in [5.41, 5.74) is 2.89. The van der Waals surface area contributed by atoms with Crippen LogP contribution in [0.15, 0.2) is 66.7 Å². The number of aromatic hydroxyl groups is 1. The Bertz CT molecular complexity index is 724. The fourth-order valence-corrected chi connectivity index (χ4v) is 4.53. The van der Waals surface area contributed by atoms with Crippen molar-refractivity contribution in [3.63, 3.8) is 0 Å². The summed E-state index contributed by atoms with van der Waals surface area (Å²) in [4.78, 5) is 2.62. The molecular formula is C22H25NO. The lowest BCUT2D eigenvalue weighted by molar-refractivity contribution is 0.309. The van der Waals surface area contributed by atoms with Crippen LogP contribution in [0, 0.1) is 5.92 Å². The molecule has 2 aromatic carbocycles. The molecule has 1 fully saturated rings. The Morgan fingerprint density at radius 2 is 1.92 bits per heavy atom. The van der Waals surface area contributed by atoms with E-state index in [1.165, 1.54) is 11.1 Å². The van der Waals surface area contributed by atoms with Crippen molar-refractivity contribution in [2.45, 2.75) is 24.7 Å². The number of phenols is 1. The number of benzene rings is 2. The normalized spacial score (nSPS) is 26.4. The molecule has 1 saturated heterocycles. The van der Waals surface area contributed by atoms with E-state index in [0.29, 0.717) is 11.7 Å². The monoisotopic (exact) mass is 319 g/mol. The van der Waals surface area contributed by atoms with Crippen LogP contribution < -0.4 is 0 Å². The van der Waals surface area contributed by atoms with Gasteiger partial charge >= 0.3 is 0 Å². The summed E-state index contributed by atoms with van der Waals surface area (Å²) < 4.78 is 0. The highest BCUT2D eigenvalue weighted by Crippen LogP contribution is 2.47. The molecule has 124 valence electrons. The average molecular weight is 319 g/mol. The zero-order chi connectivity index (χ0) is 16.4. The van der Waals surface area contributed by atoms with E-state index in [0.717, 1.165) is 38.9 Å². The molecule has 0 bridgehead atoms. The van der Waals surface area contributed by atoms with Gasteiger partial charge in [-0.25, -0.2) is 0 Å². The molecule has 2 atom stereocenters. The van der Waals surface area contributed by atoms with Crippen molar-refractivity contribution in [3.8, 4) is 5.75 Å². The highest BCUT2D eigenvalue weighted by Gasteiger charge is 2.47. The third-order valence-corrected chi connectivity index (χ3v) is 5.82. The van der Waals surface area contributed by atoms with Gasteiger partial charge in [-0.05, 0) is 48.4 Å². The smallest absolute Gasteiger partial charge is 0.115 e. The number of likely N-dealkylation sites (tertiary alicyclic amines) is 1. The standard InChI is InChI=1S/C22H25NO/c24-21-11-6-10-19(15-21)22-13-5-4-9-20(22)16-23(17-22)14-12-18-7-2-1-3-8-18/h1-8,10-11,15,20,24H,9,12-14,16-17H2. The van der Waals surface area contributed by atoms with E-state index >= 15 is 0 Å². The first-order chi connectivity index (χ1) is 11.8. The third-order valence-electron chi connectivity index (χ3n) is 5.82. The first-order valence-electron chi connectivity index (χ1n) is 8.97. The summed E-state index contributed by atoms with van der Waals surface area (Å²) in [5, 5.41) is 9.95. The van der Waals surface area contributed by atoms with Crippen molar-refractivity contribution in [2.24, 2.45) is 5.92 Å². The largest absolute Gasteiger partial charge is 0.508 e. The van der Waals surface area contributed by atoms with Gasteiger partial charge in [-0.1, -0.05) is 54.6 Å². The van der Waals surface area contributed by atoms with Crippen molar-refractivity contribution in [2.75, 3.05) is 19.6 Å². The summed E-state index contributed by atoms with van der Waals surface area (Å²) in [6.07, 6.45) is 8.02. The van der Waals surface area contributed by atoms with Crippen molar-refractivity contribution >= 4 is 0 Å². The zero-order valence-electron chi connectivity index (χ0n) is 14.1. The maximum absolute atomic E-state index is 9.95. The van der Waals surface area contributed by atoms with Crippen molar-refractivity contribution in [1.29, 1.82) is 0 Å². The third kappa shape index (κ3) is 2.87. The fourth-order valence-electron chi connectivity index (χ4n) is 4.53. The Balaban J connectivity index is 1.53. The van der Waals surface area contributed by atoms with Crippen LogP contribution in [0.4, 0.5) is 0 Å². The number of hydrogen-bond acceptors (Lipinski definition) is 2. The number of allylic oxidation sites excluding steroid dienone is 2. The SMILES string of the molecule is Oc1cccc(C23CC=CCC2CN(CCc2ccccc2)C3)c1. The minimum Gasteiger partial charge on any atom is -0.508 e. The maximum Gasteiger partial charge on any atom is 0.115 e. The van der Waals surface area contributed by atoms with Crippen LogP contribution in [-0.2, 0) is 11.8 Å². The molecule has 2 nitrogen and oxygen atoms in total. The summed E-state index contributed by atoms with van der Waals surface area (Å²) >= 11 is 0. The van der Waals surface area contributed by atoms with Crippen LogP contribution in [0.25, 0.3) is 0 Å². The maximum atomic E-state index is 9.95. The van der Waals surface area contributed by atoms with Gasteiger partial charge < -0.3 is 10.0 Å². The van der Waals surface area contributed by atoms with Crippen LogP contribution in [-0.4, -0.2) is 29.6 Å². The van der Waals surface area contributed by atoms with Gasteiger partial charge in [0.1, 0.15) is 5.75 Å². The van der Waals surface area contributed by atoms with Crippen LogP contribution in [0.3, 0.4) is 0 Å². The second kappa shape index (κ2) is 6.45. The van der Waals surface area contributed by atoms with E-state index in [2.05, 4.69) is 53.5 Å². The molecule has 0 aromatic heterocycles. The van der Waals surface area contributed by atoms with Gasteiger partial charge in [0, 0.05) is 25.0 Å². The van der Waals surface area contributed by atoms with E-state index in [1.807, 2.05) is 12.1 Å². The molecule has 1 heterocycles. The highest BCUT2D eigenvalue weighted by molar-refractivity contribution is 5.37. The lowest BCUT2D eigenvalue weighted by Gasteiger charge is -2.37. The number of nitrogens with zero attached hydrogens (tertiary/aromatic N) is 1. The molecule has 1 N–H and O–H groups in total. The van der Waals surface area contributed by atoms with Gasteiger partial charge in [0.2, 0.25) is 0 Å². The Morgan fingerprint density at radius 1 is 1.04 bits per heavy atom. The van der Waals surface area contributed by atoms with E-state index in [9.17, 15) is 5.11 Å². The first kappa shape index (κ1) is 15.5. The van der Waals surface area contributed by atoms with Crippen LogP contribution >= 0.6 is 0 Å². The number of phenolic OH excluding ortho intramolecular Hbond substituents is 1. The molecular weight excluding hydrogens is 294 g/mol. The topological polar surface area (TPSA) is 23.5 Å². The average Bonchev–Trinajstić information content (AvgIpc) is 3.01. The molecule has 2 heteroatoms. The lowest BCUT2D eigenvalue weighted by Crippen LogP contribution is -2.36. The van der Waals surface area contributed by atoms with Crippen molar-refractivity contribution in [1.82, 2.24) is 4.90 Å². The molecule has 2 aliphatic rings. The van der Waals surface area contributed by atoms with Gasteiger partial charge in [-0.2, -0.15) is 0 Å². The summed E-state index contributed by atoms with van der Waals surface area (Å²) in [5.74, 6) is 1.04. The highest BCUT2D eigenvalue weighted by atomic mass is 16.3. The summed E-state index contributed by atoms with van der Waals surface area (Å²) in [6.45, 7) is 3.37. The number of rotatable bonds is 4. The predicted octanol–water partition coefficient (Wildman–Crippen LogP) is 4.15. The minimum atomic E-state index is 0.171. The first-order valence-corrected chi connectivity index (χ1v) is 8.97. The van der Waals surface area contributed by atoms with Crippen LogP contribution in [0.5, 0.6) is 5.75 Å². The number of fused-ring (bicyclic) bond motifs is 1. The van der Waals surface area contributed by atoms with Gasteiger partial charge in [-0.15, -0.1) is 0 Å². The molecule has 1 aliphatic heterocycles. The fraction of sp³-hybridized carbons (Fsp3) is 0.364. The molecule has 0 saturated carbocycles. The summed E-state index contributed by atoms with van der Waals surface area (Å²) in [6, 6.07) is 18.7.